The lowest BCUT2D eigenvalue weighted by Gasteiger charge is -2.09. The monoisotopic (exact) mass is 459 g/mol. The Labute approximate surface area is 182 Å². The Balaban J connectivity index is 1.76. The molecule has 7 nitrogen and oxygen atoms in total. The van der Waals surface area contributed by atoms with Gasteiger partial charge in [-0.15, -0.1) is 11.3 Å². The molecular formula is C21H12F3N3O4S. The Kier molecular flexibility index (Phi) is 5.49. The van der Waals surface area contributed by atoms with E-state index >= 15 is 0 Å². The molecule has 2 aromatic heterocycles. The molecule has 0 aliphatic carbocycles. The number of nitrogens with one attached hydrogen (secondary N) is 1. The lowest BCUT2D eigenvalue weighted by molar-refractivity contribution is -0.137. The largest absolute Gasteiger partial charge is 0.478 e. The van der Waals surface area contributed by atoms with Crippen LogP contribution in [0.15, 0.2) is 64.6 Å². The zero-order chi connectivity index (χ0) is 22.9. The minimum Gasteiger partial charge on any atom is -0.478 e. The van der Waals surface area contributed by atoms with E-state index in [1.807, 2.05) is 0 Å². The molecule has 0 saturated heterocycles. The molecule has 2 aromatic carbocycles. The number of carbonyl (C=O) groups is 2. The second-order valence-corrected chi connectivity index (χ2v) is 7.35. The third-order valence-corrected chi connectivity index (χ3v) is 5.24. The van der Waals surface area contributed by atoms with Crippen LogP contribution in [0, 0.1) is 0 Å². The summed E-state index contributed by atoms with van der Waals surface area (Å²) >= 11 is 1.23. The van der Waals surface area contributed by atoms with E-state index in [0.29, 0.717) is 5.01 Å². The molecule has 4 aromatic rings. The summed E-state index contributed by atoms with van der Waals surface area (Å²) in [5.74, 6) is -2.12. The maximum absolute atomic E-state index is 12.8. The summed E-state index contributed by atoms with van der Waals surface area (Å²) in [7, 11) is 0. The summed E-state index contributed by atoms with van der Waals surface area (Å²) in [6.07, 6.45) is -3.00. The first kappa shape index (κ1) is 21.2. The number of hydrogen-bond donors (Lipinski definition) is 2. The van der Waals surface area contributed by atoms with Gasteiger partial charge in [0, 0.05) is 22.7 Å². The topological polar surface area (TPSA) is 105 Å². The van der Waals surface area contributed by atoms with Gasteiger partial charge in [0.25, 0.3) is 5.91 Å². The second kappa shape index (κ2) is 8.27. The van der Waals surface area contributed by atoms with Crippen molar-refractivity contribution in [1.82, 2.24) is 10.1 Å². The number of alkyl halides is 3. The fourth-order valence-corrected chi connectivity index (χ4v) is 3.61. The van der Waals surface area contributed by atoms with E-state index in [0.717, 1.165) is 24.3 Å². The van der Waals surface area contributed by atoms with Crippen molar-refractivity contribution >= 4 is 29.1 Å². The molecule has 0 bridgehead atoms. The van der Waals surface area contributed by atoms with Crippen molar-refractivity contribution in [2.24, 2.45) is 0 Å². The summed E-state index contributed by atoms with van der Waals surface area (Å²) in [5, 5.41) is 18.1. The molecule has 2 heterocycles. The standard InChI is InChI=1S/C21H12F3N3O4S/c22-21(23,24)12-7-5-11(6-8-12)17(28)26-18-15(13-3-1-2-4-14(13)20(29)30)16(27-31-18)19-25-9-10-32-19/h1-10H,(H,26,28)(H,29,30). The smallest absolute Gasteiger partial charge is 0.416 e. The first-order valence-electron chi connectivity index (χ1n) is 8.96. The lowest BCUT2D eigenvalue weighted by atomic mass is 9.99. The van der Waals surface area contributed by atoms with Crippen LogP contribution in [0.2, 0.25) is 0 Å². The van der Waals surface area contributed by atoms with Gasteiger partial charge in [-0.3, -0.25) is 10.1 Å². The van der Waals surface area contributed by atoms with Gasteiger partial charge in [0.1, 0.15) is 5.01 Å². The number of nitrogens with zero attached hydrogens (tertiary/aromatic N) is 2. The molecule has 162 valence electrons. The van der Waals surface area contributed by atoms with E-state index in [1.54, 1.807) is 17.5 Å². The fraction of sp³-hybridized carbons (Fsp3) is 0.0476. The summed E-state index contributed by atoms with van der Waals surface area (Å²) in [5.41, 5.74) is -0.360. The number of carboxylic acid groups (broad SMARTS) is 1. The average Bonchev–Trinajstić information content (AvgIpc) is 3.43. The zero-order valence-electron chi connectivity index (χ0n) is 15.9. The molecule has 4 rings (SSSR count). The van der Waals surface area contributed by atoms with Crippen LogP contribution in [0.1, 0.15) is 26.3 Å². The molecule has 0 atom stereocenters. The van der Waals surface area contributed by atoms with Crippen molar-refractivity contribution in [2.45, 2.75) is 6.18 Å². The van der Waals surface area contributed by atoms with Crippen LogP contribution in [0.25, 0.3) is 21.8 Å². The summed E-state index contributed by atoms with van der Waals surface area (Å²) in [4.78, 5) is 28.6. The highest BCUT2D eigenvalue weighted by molar-refractivity contribution is 7.13. The highest BCUT2D eigenvalue weighted by Crippen LogP contribution is 2.40. The number of carbonyl (C=O) groups excluding carboxylic acids is 1. The van der Waals surface area contributed by atoms with Gasteiger partial charge in [0.15, 0.2) is 5.69 Å². The number of rotatable bonds is 5. The van der Waals surface area contributed by atoms with Crippen molar-refractivity contribution in [3.05, 3.63) is 76.8 Å². The van der Waals surface area contributed by atoms with Gasteiger partial charge in [-0.2, -0.15) is 13.2 Å². The lowest BCUT2D eigenvalue weighted by Crippen LogP contribution is -2.13. The predicted octanol–water partition coefficient (Wildman–Crippen LogP) is 5.43. The number of anilines is 1. The zero-order valence-corrected chi connectivity index (χ0v) is 16.7. The Hall–Kier alpha value is -3.99. The van der Waals surface area contributed by atoms with E-state index in [9.17, 15) is 27.9 Å². The number of carboxylic acids is 1. The van der Waals surface area contributed by atoms with Crippen LogP contribution in [0.3, 0.4) is 0 Å². The van der Waals surface area contributed by atoms with Crippen molar-refractivity contribution in [3.8, 4) is 21.8 Å². The van der Waals surface area contributed by atoms with Gasteiger partial charge >= 0.3 is 12.1 Å². The van der Waals surface area contributed by atoms with Crippen molar-refractivity contribution < 1.29 is 32.4 Å². The molecule has 0 unspecified atom stereocenters. The van der Waals surface area contributed by atoms with Crippen molar-refractivity contribution in [3.63, 3.8) is 0 Å². The van der Waals surface area contributed by atoms with E-state index in [1.165, 1.54) is 29.7 Å². The summed E-state index contributed by atoms with van der Waals surface area (Å²) in [6, 6.07) is 9.71. The number of hydrogen-bond acceptors (Lipinski definition) is 6. The highest BCUT2D eigenvalue weighted by atomic mass is 32.1. The number of amides is 1. The number of aromatic nitrogens is 2. The van der Waals surface area contributed by atoms with Crippen LogP contribution in [0.5, 0.6) is 0 Å². The number of halogens is 3. The van der Waals surface area contributed by atoms with Gasteiger partial charge in [-0.25, -0.2) is 9.78 Å². The van der Waals surface area contributed by atoms with Crippen LogP contribution in [0.4, 0.5) is 19.1 Å². The molecule has 1 amide bonds. The molecular weight excluding hydrogens is 447 g/mol. The minimum atomic E-state index is -4.53. The normalized spacial score (nSPS) is 11.3. The summed E-state index contributed by atoms with van der Waals surface area (Å²) in [6.45, 7) is 0. The molecule has 2 N–H and O–H groups in total. The molecule has 0 aliphatic rings. The Morgan fingerprint density at radius 3 is 2.41 bits per heavy atom. The molecule has 11 heteroatoms. The van der Waals surface area contributed by atoms with Crippen LogP contribution in [-0.4, -0.2) is 27.1 Å². The summed E-state index contributed by atoms with van der Waals surface area (Å²) < 4.78 is 43.6. The first-order chi connectivity index (χ1) is 15.3. The number of benzene rings is 2. The van der Waals surface area contributed by atoms with E-state index in [4.69, 9.17) is 4.52 Å². The van der Waals surface area contributed by atoms with Gasteiger partial charge in [-0.05, 0) is 30.3 Å². The van der Waals surface area contributed by atoms with E-state index in [-0.39, 0.29) is 33.8 Å². The molecule has 0 saturated carbocycles. The van der Waals surface area contributed by atoms with Crippen LogP contribution >= 0.6 is 11.3 Å². The molecule has 0 spiro atoms. The third kappa shape index (κ3) is 4.10. The van der Waals surface area contributed by atoms with Crippen molar-refractivity contribution in [1.29, 1.82) is 0 Å². The molecule has 32 heavy (non-hydrogen) atoms. The average molecular weight is 459 g/mol. The SMILES string of the molecule is O=C(Nc1onc(-c2nccs2)c1-c1ccccc1C(=O)O)c1ccc(C(F)(F)F)cc1. The highest BCUT2D eigenvalue weighted by Gasteiger charge is 2.30. The van der Waals surface area contributed by atoms with Crippen molar-refractivity contribution in [2.75, 3.05) is 5.32 Å². The Morgan fingerprint density at radius 2 is 1.78 bits per heavy atom. The first-order valence-corrected chi connectivity index (χ1v) is 9.84. The number of thiazole rings is 1. The maximum atomic E-state index is 12.8. The van der Waals surface area contributed by atoms with E-state index in [2.05, 4.69) is 15.5 Å². The molecule has 0 radical (unpaired) electrons. The molecule has 0 aliphatic heterocycles. The van der Waals surface area contributed by atoms with Gasteiger partial charge in [-0.1, -0.05) is 23.4 Å². The van der Waals surface area contributed by atoms with Crippen LogP contribution in [-0.2, 0) is 6.18 Å². The Bertz CT molecular complexity index is 1280. The third-order valence-electron chi connectivity index (χ3n) is 4.46. The van der Waals surface area contributed by atoms with Gasteiger partial charge < -0.3 is 9.63 Å². The quantitative estimate of drug-likeness (QED) is 0.412. The van der Waals surface area contributed by atoms with E-state index < -0.39 is 23.6 Å². The van der Waals surface area contributed by atoms with Gasteiger partial charge in [0.05, 0.1) is 16.7 Å². The predicted molar refractivity (Wildman–Crippen MR) is 109 cm³/mol. The maximum Gasteiger partial charge on any atom is 0.416 e. The molecule has 0 fully saturated rings. The number of aromatic carboxylic acids is 1. The van der Waals surface area contributed by atoms with Gasteiger partial charge in [0.2, 0.25) is 5.88 Å². The van der Waals surface area contributed by atoms with Crippen LogP contribution < -0.4 is 5.32 Å². The fourth-order valence-electron chi connectivity index (χ4n) is 2.99. The minimum absolute atomic E-state index is 0.0531. The second-order valence-electron chi connectivity index (χ2n) is 6.45. The Morgan fingerprint density at radius 1 is 1.06 bits per heavy atom.